The van der Waals surface area contributed by atoms with Gasteiger partial charge in [-0.2, -0.15) is 12.6 Å². The standard InChI is InChI=1S/C23H40O3SSi/c1-9-12-24-17-16-18(26-28-15-11-14-27)20(23(6,7)8)21(25-13-10-2)19(17)22(3,4)5/h16,27H,9-15H2,1-8H3. The Bertz CT molecular complexity index is 603. The molecule has 0 atom stereocenters. The Hall–Kier alpha value is -0.813. The van der Waals surface area contributed by atoms with Crippen LogP contribution in [0.3, 0.4) is 0 Å². The lowest BCUT2D eigenvalue weighted by atomic mass is 9.78. The number of hydrogen-bond donors (Lipinski definition) is 1. The molecule has 0 unspecified atom stereocenters. The van der Waals surface area contributed by atoms with E-state index in [1.807, 2.05) is 0 Å². The maximum atomic E-state index is 6.39. The molecule has 1 aromatic carbocycles. The Balaban J connectivity index is 3.63. The summed E-state index contributed by atoms with van der Waals surface area (Å²) in [7, 11) is 0.413. The van der Waals surface area contributed by atoms with E-state index in [2.05, 4.69) is 74.1 Å². The van der Waals surface area contributed by atoms with Gasteiger partial charge >= 0.3 is 9.76 Å². The first-order valence-corrected chi connectivity index (χ1v) is 12.3. The van der Waals surface area contributed by atoms with Gasteiger partial charge in [0.2, 0.25) is 0 Å². The van der Waals surface area contributed by atoms with Gasteiger partial charge in [0.1, 0.15) is 17.2 Å². The number of hydrogen-bond acceptors (Lipinski definition) is 4. The number of benzene rings is 1. The molecular weight excluding hydrogens is 384 g/mol. The van der Waals surface area contributed by atoms with Crippen LogP contribution in [0.4, 0.5) is 0 Å². The normalized spacial score (nSPS) is 12.2. The molecule has 0 aliphatic heterocycles. The fraction of sp³-hybridized carbons (Fsp3) is 0.739. The van der Waals surface area contributed by atoms with Crippen molar-refractivity contribution in [3.8, 4) is 17.2 Å². The van der Waals surface area contributed by atoms with E-state index in [1.54, 1.807) is 0 Å². The first-order chi connectivity index (χ1) is 13.1. The molecule has 160 valence electrons. The summed E-state index contributed by atoms with van der Waals surface area (Å²) >= 11 is 4.31. The van der Waals surface area contributed by atoms with Crippen LogP contribution in [0.2, 0.25) is 6.04 Å². The molecule has 0 heterocycles. The van der Waals surface area contributed by atoms with Gasteiger partial charge in [-0.15, -0.1) is 0 Å². The largest absolute Gasteiger partial charge is 0.540 e. The molecule has 0 bridgehead atoms. The minimum Gasteiger partial charge on any atom is -0.540 e. The summed E-state index contributed by atoms with van der Waals surface area (Å²) in [6, 6.07) is 3.12. The van der Waals surface area contributed by atoms with Gasteiger partial charge < -0.3 is 13.9 Å². The van der Waals surface area contributed by atoms with Crippen LogP contribution in [0, 0.1) is 0 Å². The number of thiol groups is 1. The Labute approximate surface area is 181 Å². The van der Waals surface area contributed by atoms with Crippen molar-refractivity contribution in [2.24, 2.45) is 0 Å². The SMILES string of the molecule is CCCOc1cc(O[Si]CCCS)c(C(C)(C)C)c(OCCC)c1C(C)(C)C. The molecule has 28 heavy (non-hydrogen) atoms. The molecule has 5 heteroatoms. The van der Waals surface area contributed by atoms with Crippen LogP contribution in [-0.2, 0) is 10.8 Å². The van der Waals surface area contributed by atoms with Crippen molar-refractivity contribution in [1.82, 2.24) is 0 Å². The van der Waals surface area contributed by atoms with E-state index >= 15 is 0 Å². The maximum Gasteiger partial charge on any atom is 0.310 e. The summed E-state index contributed by atoms with van der Waals surface area (Å²) in [5, 5.41) is 0. The average molecular weight is 425 g/mol. The average Bonchev–Trinajstić information content (AvgIpc) is 2.59. The minimum atomic E-state index is -0.101. The van der Waals surface area contributed by atoms with Crippen molar-refractivity contribution >= 4 is 22.4 Å². The third kappa shape index (κ3) is 7.22. The summed E-state index contributed by atoms with van der Waals surface area (Å²) in [6.07, 6.45) is 2.99. The zero-order chi connectivity index (χ0) is 21.4. The van der Waals surface area contributed by atoms with Crippen molar-refractivity contribution in [2.75, 3.05) is 19.0 Å². The molecule has 0 aromatic heterocycles. The van der Waals surface area contributed by atoms with E-state index in [9.17, 15) is 0 Å². The van der Waals surface area contributed by atoms with E-state index in [-0.39, 0.29) is 10.8 Å². The minimum absolute atomic E-state index is 0.0982. The lowest BCUT2D eigenvalue weighted by Crippen LogP contribution is -2.23. The van der Waals surface area contributed by atoms with E-state index < -0.39 is 0 Å². The predicted molar refractivity (Wildman–Crippen MR) is 125 cm³/mol. The number of ether oxygens (including phenoxy) is 2. The summed E-state index contributed by atoms with van der Waals surface area (Å²) in [5.74, 6) is 3.63. The molecule has 0 aliphatic rings. The predicted octanol–water partition coefficient (Wildman–Crippen LogP) is 6.60. The van der Waals surface area contributed by atoms with Gasteiger partial charge in [-0.1, -0.05) is 55.4 Å². The van der Waals surface area contributed by atoms with Crippen molar-refractivity contribution in [3.05, 3.63) is 17.2 Å². The third-order valence-corrected chi connectivity index (χ3v) is 5.48. The monoisotopic (exact) mass is 424 g/mol. The van der Waals surface area contributed by atoms with Crippen molar-refractivity contribution in [2.45, 2.75) is 91.5 Å². The highest BCUT2D eigenvalue weighted by Gasteiger charge is 2.33. The van der Waals surface area contributed by atoms with Crippen molar-refractivity contribution in [3.63, 3.8) is 0 Å². The Kier molecular flexibility index (Phi) is 10.3. The Morgan fingerprint density at radius 1 is 0.857 bits per heavy atom. The first kappa shape index (κ1) is 25.2. The van der Waals surface area contributed by atoms with E-state index in [0.717, 1.165) is 59.4 Å². The van der Waals surface area contributed by atoms with Gasteiger partial charge in [-0.25, -0.2) is 0 Å². The molecular formula is C23H40O3SSi. The summed E-state index contributed by atoms with van der Waals surface area (Å²) in [4.78, 5) is 0. The molecule has 0 amide bonds. The van der Waals surface area contributed by atoms with Gasteiger partial charge in [-0.05, 0) is 41.9 Å². The van der Waals surface area contributed by atoms with Gasteiger partial charge in [0.05, 0.1) is 13.2 Å². The van der Waals surface area contributed by atoms with E-state index in [0.29, 0.717) is 23.0 Å². The van der Waals surface area contributed by atoms with Gasteiger partial charge in [-0.3, -0.25) is 0 Å². The molecule has 3 nitrogen and oxygen atoms in total. The summed E-state index contributed by atoms with van der Waals surface area (Å²) < 4.78 is 18.9. The second kappa shape index (κ2) is 11.4. The molecule has 1 rings (SSSR count). The fourth-order valence-corrected chi connectivity index (χ4v) is 4.26. The highest BCUT2D eigenvalue weighted by atomic mass is 32.1. The van der Waals surface area contributed by atoms with Crippen LogP contribution in [0.25, 0.3) is 0 Å². The second-order valence-corrected chi connectivity index (χ2v) is 10.7. The third-order valence-electron chi connectivity index (χ3n) is 4.24. The summed E-state index contributed by atoms with van der Waals surface area (Å²) in [5.41, 5.74) is 2.09. The maximum absolute atomic E-state index is 6.39. The molecule has 0 saturated heterocycles. The number of rotatable bonds is 11. The lowest BCUT2D eigenvalue weighted by molar-refractivity contribution is 0.278. The highest BCUT2D eigenvalue weighted by Crippen LogP contribution is 2.49. The first-order valence-electron chi connectivity index (χ1n) is 10.6. The molecule has 0 N–H and O–H groups in total. The lowest BCUT2D eigenvalue weighted by Gasteiger charge is -2.33. The second-order valence-electron chi connectivity index (χ2n) is 9.22. The van der Waals surface area contributed by atoms with Gasteiger partial charge in [0.25, 0.3) is 0 Å². The molecule has 0 saturated carbocycles. The van der Waals surface area contributed by atoms with Gasteiger partial charge in [0.15, 0.2) is 0 Å². The van der Waals surface area contributed by atoms with Crippen LogP contribution >= 0.6 is 12.6 Å². The van der Waals surface area contributed by atoms with Crippen LogP contribution in [0.5, 0.6) is 17.2 Å². The summed E-state index contributed by atoms with van der Waals surface area (Å²) in [6.45, 7) is 19.0. The van der Waals surface area contributed by atoms with Crippen molar-refractivity contribution < 1.29 is 13.9 Å². The van der Waals surface area contributed by atoms with Crippen LogP contribution in [-0.4, -0.2) is 28.7 Å². The van der Waals surface area contributed by atoms with Crippen LogP contribution < -0.4 is 13.9 Å². The molecule has 0 aliphatic carbocycles. The molecule has 0 fully saturated rings. The zero-order valence-electron chi connectivity index (χ0n) is 19.2. The zero-order valence-corrected chi connectivity index (χ0v) is 21.1. The van der Waals surface area contributed by atoms with Gasteiger partial charge in [0, 0.05) is 17.2 Å². The molecule has 1 aromatic rings. The van der Waals surface area contributed by atoms with E-state index in [1.165, 1.54) is 0 Å². The van der Waals surface area contributed by atoms with Crippen LogP contribution in [0.1, 0.15) is 85.8 Å². The van der Waals surface area contributed by atoms with E-state index in [4.69, 9.17) is 13.9 Å². The molecule has 0 spiro atoms. The fourth-order valence-electron chi connectivity index (χ4n) is 3.07. The smallest absolute Gasteiger partial charge is 0.310 e. The quantitative estimate of drug-likeness (QED) is 0.246. The Morgan fingerprint density at radius 3 is 1.89 bits per heavy atom. The highest BCUT2D eigenvalue weighted by molar-refractivity contribution is 7.80. The van der Waals surface area contributed by atoms with Crippen LogP contribution in [0.15, 0.2) is 6.07 Å². The topological polar surface area (TPSA) is 27.7 Å². The molecule has 2 radical (unpaired) electrons. The van der Waals surface area contributed by atoms with Crippen molar-refractivity contribution in [1.29, 1.82) is 0 Å². The Morgan fingerprint density at radius 2 is 1.39 bits per heavy atom.